The molecule has 1 aromatic carbocycles. The van der Waals surface area contributed by atoms with E-state index in [0.717, 1.165) is 5.56 Å². The smallest absolute Gasteiger partial charge is 0.250 e. The van der Waals surface area contributed by atoms with Crippen molar-refractivity contribution in [2.24, 2.45) is 0 Å². The Kier molecular flexibility index (Phi) is 3.32. The second-order valence-corrected chi connectivity index (χ2v) is 4.40. The van der Waals surface area contributed by atoms with Crippen LogP contribution in [0.4, 0.5) is 4.39 Å². The molecule has 0 unspecified atom stereocenters. The van der Waals surface area contributed by atoms with Crippen LogP contribution in [0.1, 0.15) is 31.2 Å². The van der Waals surface area contributed by atoms with Gasteiger partial charge in [0.25, 0.3) is 5.89 Å². The molecule has 0 aliphatic rings. The minimum Gasteiger partial charge on any atom is -0.496 e. The molecule has 0 amide bonds. The summed E-state index contributed by atoms with van der Waals surface area (Å²) in [7, 11) is 1.54. The molecule has 5 heteroatoms. The lowest BCUT2D eigenvalue weighted by atomic mass is 10.1. The zero-order valence-corrected chi connectivity index (χ0v) is 10.8. The molecule has 0 saturated carbocycles. The third-order valence-corrected chi connectivity index (χ3v) is 2.65. The standard InChI is InChI=1S/C13H15FN2O2/c1-7(2)12-15-16-13(18-12)9-6-11(17-4)8(3)5-10(9)14/h5-7H,1-4H3. The van der Waals surface area contributed by atoms with E-state index in [0.29, 0.717) is 11.6 Å². The predicted molar refractivity (Wildman–Crippen MR) is 65.1 cm³/mol. The molecule has 1 aromatic heterocycles. The van der Waals surface area contributed by atoms with E-state index in [1.807, 2.05) is 13.8 Å². The number of aryl methyl sites for hydroxylation is 1. The molecular formula is C13H15FN2O2. The maximum Gasteiger partial charge on any atom is 0.250 e. The normalized spacial score (nSPS) is 11.0. The van der Waals surface area contributed by atoms with Crippen molar-refractivity contribution in [3.63, 3.8) is 0 Å². The van der Waals surface area contributed by atoms with Crippen molar-refractivity contribution in [3.8, 4) is 17.2 Å². The monoisotopic (exact) mass is 250 g/mol. The molecule has 2 rings (SSSR count). The summed E-state index contributed by atoms with van der Waals surface area (Å²) in [5, 5.41) is 7.75. The van der Waals surface area contributed by atoms with Gasteiger partial charge >= 0.3 is 0 Å². The van der Waals surface area contributed by atoms with Gasteiger partial charge in [0, 0.05) is 5.92 Å². The van der Waals surface area contributed by atoms with E-state index in [1.165, 1.54) is 13.2 Å². The summed E-state index contributed by atoms with van der Waals surface area (Å²) in [6, 6.07) is 2.97. The molecule has 2 aromatic rings. The number of nitrogens with zero attached hydrogens (tertiary/aromatic N) is 2. The molecule has 0 atom stereocenters. The van der Waals surface area contributed by atoms with E-state index in [9.17, 15) is 4.39 Å². The van der Waals surface area contributed by atoms with Crippen LogP contribution >= 0.6 is 0 Å². The van der Waals surface area contributed by atoms with Crippen LogP contribution in [-0.2, 0) is 0 Å². The predicted octanol–water partition coefficient (Wildman–Crippen LogP) is 3.32. The van der Waals surface area contributed by atoms with Crippen LogP contribution in [0.5, 0.6) is 5.75 Å². The number of ether oxygens (including phenoxy) is 1. The lowest BCUT2D eigenvalue weighted by molar-refractivity contribution is 0.410. The van der Waals surface area contributed by atoms with E-state index >= 15 is 0 Å². The summed E-state index contributed by atoms with van der Waals surface area (Å²) in [4.78, 5) is 0. The Hall–Kier alpha value is -1.91. The van der Waals surface area contributed by atoms with Gasteiger partial charge in [-0.3, -0.25) is 0 Å². The van der Waals surface area contributed by atoms with Crippen molar-refractivity contribution in [1.29, 1.82) is 0 Å². The summed E-state index contributed by atoms with van der Waals surface area (Å²) in [5.74, 6) is 0.975. The quantitative estimate of drug-likeness (QED) is 0.838. The van der Waals surface area contributed by atoms with Gasteiger partial charge in [0.05, 0.1) is 12.7 Å². The number of hydrogen-bond donors (Lipinski definition) is 0. The maximum atomic E-state index is 13.9. The number of hydrogen-bond acceptors (Lipinski definition) is 4. The molecule has 1 heterocycles. The van der Waals surface area contributed by atoms with Crippen LogP contribution < -0.4 is 4.74 Å². The average Bonchev–Trinajstić information content (AvgIpc) is 2.78. The van der Waals surface area contributed by atoms with Gasteiger partial charge in [-0.2, -0.15) is 0 Å². The fraction of sp³-hybridized carbons (Fsp3) is 0.385. The summed E-state index contributed by atoms with van der Waals surface area (Å²) >= 11 is 0. The Morgan fingerprint density at radius 1 is 1.28 bits per heavy atom. The zero-order valence-electron chi connectivity index (χ0n) is 10.8. The van der Waals surface area contributed by atoms with Crippen LogP contribution in [-0.4, -0.2) is 17.3 Å². The Labute approximate surface area is 105 Å². The fourth-order valence-corrected chi connectivity index (χ4v) is 1.61. The number of halogens is 1. The highest BCUT2D eigenvalue weighted by atomic mass is 19.1. The summed E-state index contributed by atoms with van der Waals surface area (Å²) in [6.45, 7) is 5.64. The van der Waals surface area contributed by atoms with E-state index in [-0.39, 0.29) is 17.4 Å². The second kappa shape index (κ2) is 4.76. The van der Waals surface area contributed by atoms with E-state index in [1.54, 1.807) is 13.0 Å². The van der Waals surface area contributed by atoms with Crippen LogP contribution in [0.2, 0.25) is 0 Å². The van der Waals surface area contributed by atoms with E-state index in [2.05, 4.69) is 10.2 Å². The Morgan fingerprint density at radius 3 is 2.56 bits per heavy atom. The first-order valence-electron chi connectivity index (χ1n) is 5.70. The largest absolute Gasteiger partial charge is 0.496 e. The van der Waals surface area contributed by atoms with Crippen LogP contribution in [0.15, 0.2) is 16.5 Å². The molecule has 96 valence electrons. The number of rotatable bonds is 3. The molecule has 4 nitrogen and oxygen atoms in total. The Morgan fingerprint density at radius 2 is 2.00 bits per heavy atom. The molecule has 0 saturated heterocycles. The van der Waals surface area contributed by atoms with Crippen LogP contribution in [0.25, 0.3) is 11.5 Å². The van der Waals surface area contributed by atoms with Gasteiger partial charge in [0.1, 0.15) is 11.6 Å². The number of methoxy groups -OCH3 is 1. The second-order valence-electron chi connectivity index (χ2n) is 4.40. The Balaban J connectivity index is 2.49. The van der Waals surface area contributed by atoms with Crippen molar-refractivity contribution in [2.45, 2.75) is 26.7 Å². The SMILES string of the molecule is COc1cc(-c2nnc(C(C)C)o2)c(F)cc1C. The fourth-order valence-electron chi connectivity index (χ4n) is 1.61. The molecule has 0 radical (unpaired) electrons. The van der Waals surface area contributed by atoms with E-state index < -0.39 is 5.82 Å². The minimum absolute atomic E-state index is 0.113. The van der Waals surface area contributed by atoms with Crippen molar-refractivity contribution < 1.29 is 13.5 Å². The highest BCUT2D eigenvalue weighted by Crippen LogP contribution is 2.29. The summed E-state index contributed by atoms with van der Waals surface area (Å²) in [6.07, 6.45) is 0. The van der Waals surface area contributed by atoms with Crippen molar-refractivity contribution in [1.82, 2.24) is 10.2 Å². The highest BCUT2D eigenvalue weighted by Gasteiger charge is 2.17. The van der Waals surface area contributed by atoms with Crippen molar-refractivity contribution in [2.75, 3.05) is 7.11 Å². The van der Waals surface area contributed by atoms with Crippen molar-refractivity contribution in [3.05, 3.63) is 29.4 Å². The van der Waals surface area contributed by atoms with Gasteiger partial charge in [-0.15, -0.1) is 10.2 Å². The van der Waals surface area contributed by atoms with Gasteiger partial charge in [0.2, 0.25) is 5.89 Å². The first-order chi connectivity index (χ1) is 8.52. The molecule has 18 heavy (non-hydrogen) atoms. The lowest BCUT2D eigenvalue weighted by Gasteiger charge is -2.06. The molecule has 0 N–H and O–H groups in total. The van der Waals surface area contributed by atoms with Gasteiger partial charge in [0.15, 0.2) is 0 Å². The molecule has 0 aliphatic heterocycles. The topological polar surface area (TPSA) is 48.2 Å². The van der Waals surface area contributed by atoms with Gasteiger partial charge in [-0.1, -0.05) is 13.8 Å². The third-order valence-electron chi connectivity index (χ3n) is 2.65. The third kappa shape index (κ3) is 2.20. The average molecular weight is 250 g/mol. The van der Waals surface area contributed by atoms with Crippen LogP contribution in [0, 0.1) is 12.7 Å². The van der Waals surface area contributed by atoms with E-state index in [4.69, 9.17) is 9.15 Å². The zero-order chi connectivity index (χ0) is 13.3. The molecule has 0 spiro atoms. The summed E-state index contributed by atoms with van der Waals surface area (Å²) in [5.41, 5.74) is 0.985. The first kappa shape index (κ1) is 12.5. The van der Waals surface area contributed by atoms with Gasteiger partial charge in [-0.25, -0.2) is 4.39 Å². The molecule has 0 aliphatic carbocycles. The molecular weight excluding hydrogens is 235 g/mol. The maximum absolute atomic E-state index is 13.9. The highest BCUT2D eigenvalue weighted by molar-refractivity contribution is 5.58. The summed E-state index contributed by atoms with van der Waals surface area (Å²) < 4.78 is 24.5. The number of benzene rings is 1. The Bertz CT molecular complexity index is 564. The van der Waals surface area contributed by atoms with Gasteiger partial charge < -0.3 is 9.15 Å². The minimum atomic E-state index is -0.396. The number of aromatic nitrogens is 2. The van der Waals surface area contributed by atoms with Crippen molar-refractivity contribution >= 4 is 0 Å². The lowest BCUT2D eigenvalue weighted by Crippen LogP contribution is -1.92. The first-order valence-corrected chi connectivity index (χ1v) is 5.70. The van der Waals surface area contributed by atoms with Gasteiger partial charge in [-0.05, 0) is 24.6 Å². The van der Waals surface area contributed by atoms with Crippen LogP contribution in [0.3, 0.4) is 0 Å². The molecule has 0 bridgehead atoms. The molecule has 0 fully saturated rings.